The molecule has 0 fully saturated rings. The second-order valence-corrected chi connectivity index (χ2v) is 4.37. The lowest BCUT2D eigenvalue weighted by Gasteiger charge is -2.20. The number of anilines is 1. The molecule has 1 N–H and O–H groups in total. The molecule has 0 radical (unpaired) electrons. The molecule has 0 aliphatic carbocycles. The zero-order valence-corrected chi connectivity index (χ0v) is 11.3. The average molecular weight is 236 g/mol. The largest absolute Gasteiger partial charge is 0.355 e. The van der Waals surface area contributed by atoms with Gasteiger partial charge in [-0.1, -0.05) is 32.0 Å². The maximum absolute atomic E-state index is 5.29. The fraction of sp³-hybridized carbons (Fsp3) is 0.462. The molecule has 1 aromatic carbocycles. The number of hydrogen-bond acceptors (Lipinski definition) is 1. The van der Waals surface area contributed by atoms with Crippen LogP contribution in [-0.4, -0.2) is 24.1 Å². The minimum Gasteiger partial charge on any atom is -0.355 e. The molecule has 0 saturated carbocycles. The van der Waals surface area contributed by atoms with Crippen molar-refractivity contribution < 1.29 is 0 Å². The molecular weight excluding hydrogens is 216 g/mol. The highest BCUT2D eigenvalue weighted by Gasteiger charge is 2.08. The minimum absolute atomic E-state index is 0.760. The fourth-order valence-electron chi connectivity index (χ4n) is 1.62. The summed E-state index contributed by atoms with van der Waals surface area (Å²) < 4.78 is 0. The lowest BCUT2D eigenvalue weighted by molar-refractivity contribution is 0.633. The Morgan fingerprint density at radius 1 is 1.19 bits per heavy atom. The summed E-state index contributed by atoms with van der Waals surface area (Å²) in [7, 11) is 3.91. The normalized spacial score (nSPS) is 10.0. The molecule has 2 nitrogen and oxygen atoms in total. The van der Waals surface area contributed by atoms with Crippen molar-refractivity contribution in [2.24, 2.45) is 0 Å². The Bertz CT molecular complexity index is 350. The molecule has 0 spiro atoms. The lowest BCUT2D eigenvalue weighted by atomic mass is 10.0. The molecule has 3 heteroatoms. The van der Waals surface area contributed by atoms with Gasteiger partial charge < -0.3 is 10.2 Å². The van der Waals surface area contributed by atoms with Gasteiger partial charge in [0.25, 0.3) is 0 Å². The van der Waals surface area contributed by atoms with Gasteiger partial charge in [-0.2, -0.15) is 0 Å². The third kappa shape index (κ3) is 2.95. The van der Waals surface area contributed by atoms with Crippen molar-refractivity contribution in [3.8, 4) is 0 Å². The maximum atomic E-state index is 5.29. The summed E-state index contributed by atoms with van der Waals surface area (Å²) in [5.74, 6) is 0. The van der Waals surface area contributed by atoms with Gasteiger partial charge in [0, 0.05) is 19.8 Å². The third-order valence-electron chi connectivity index (χ3n) is 2.64. The number of aryl methyl sites for hydroxylation is 2. The van der Waals surface area contributed by atoms with Crippen molar-refractivity contribution in [2.45, 2.75) is 26.7 Å². The summed E-state index contributed by atoms with van der Waals surface area (Å²) in [5, 5.41) is 4.10. The van der Waals surface area contributed by atoms with Crippen LogP contribution in [0.5, 0.6) is 0 Å². The Labute approximate surface area is 104 Å². The predicted octanol–water partition coefficient (Wildman–Crippen LogP) is 3.07. The number of rotatable bonds is 3. The summed E-state index contributed by atoms with van der Waals surface area (Å²) >= 11 is 5.29. The Morgan fingerprint density at radius 2 is 1.69 bits per heavy atom. The second kappa shape index (κ2) is 5.85. The first-order valence-corrected chi connectivity index (χ1v) is 6.10. The lowest BCUT2D eigenvalue weighted by Crippen LogP contribution is -2.28. The summed E-state index contributed by atoms with van der Waals surface area (Å²) in [6.45, 7) is 4.33. The second-order valence-electron chi connectivity index (χ2n) is 3.98. The van der Waals surface area contributed by atoms with Gasteiger partial charge in [0.2, 0.25) is 0 Å². The molecule has 0 aliphatic rings. The first-order chi connectivity index (χ1) is 7.60. The van der Waals surface area contributed by atoms with E-state index in [1.165, 1.54) is 16.8 Å². The van der Waals surface area contributed by atoms with E-state index >= 15 is 0 Å². The van der Waals surface area contributed by atoms with Gasteiger partial charge in [-0.05, 0) is 36.2 Å². The molecule has 16 heavy (non-hydrogen) atoms. The van der Waals surface area contributed by atoms with Crippen molar-refractivity contribution in [2.75, 3.05) is 19.4 Å². The van der Waals surface area contributed by atoms with E-state index in [0.717, 1.165) is 18.0 Å². The number of nitrogens with one attached hydrogen (secondary N) is 1. The number of benzene rings is 1. The van der Waals surface area contributed by atoms with Crippen LogP contribution in [0.2, 0.25) is 0 Å². The minimum atomic E-state index is 0.760. The van der Waals surface area contributed by atoms with Crippen LogP contribution in [0.3, 0.4) is 0 Å². The van der Waals surface area contributed by atoms with Gasteiger partial charge in [0.15, 0.2) is 5.11 Å². The van der Waals surface area contributed by atoms with Gasteiger partial charge in [0.05, 0.1) is 0 Å². The van der Waals surface area contributed by atoms with Crippen molar-refractivity contribution in [1.29, 1.82) is 0 Å². The van der Waals surface area contributed by atoms with E-state index in [1.807, 2.05) is 19.0 Å². The zero-order chi connectivity index (χ0) is 12.1. The number of nitrogens with zero attached hydrogens (tertiary/aromatic N) is 1. The Hall–Kier alpha value is -1.09. The van der Waals surface area contributed by atoms with E-state index < -0.39 is 0 Å². The average Bonchev–Trinajstić information content (AvgIpc) is 2.29. The Morgan fingerprint density at radius 3 is 2.06 bits per heavy atom. The molecule has 0 aromatic heterocycles. The van der Waals surface area contributed by atoms with E-state index in [4.69, 9.17) is 12.2 Å². The summed E-state index contributed by atoms with van der Waals surface area (Å²) in [4.78, 5) is 1.92. The van der Waals surface area contributed by atoms with Crippen LogP contribution in [0.15, 0.2) is 18.2 Å². The van der Waals surface area contributed by atoms with Crippen molar-refractivity contribution >= 4 is 23.0 Å². The monoisotopic (exact) mass is 236 g/mol. The highest BCUT2D eigenvalue weighted by molar-refractivity contribution is 7.80. The predicted molar refractivity (Wildman–Crippen MR) is 75.1 cm³/mol. The van der Waals surface area contributed by atoms with Crippen LogP contribution >= 0.6 is 12.2 Å². The van der Waals surface area contributed by atoms with Gasteiger partial charge in [-0.15, -0.1) is 0 Å². The topological polar surface area (TPSA) is 15.3 Å². The van der Waals surface area contributed by atoms with Gasteiger partial charge in [-0.3, -0.25) is 0 Å². The van der Waals surface area contributed by atoms with Crippen molar-refractivity contribution in [1.82, 2.24) is 4.90 Å². The van der Waals surface area contributed by atoms with E-state index in [2.05, 4.69) is 37.4 Å². The number of thiocarbonyl (C=S) groups is 1. The van der Waals surface area contributed by atoms with E-state index in [-0.39, 0.29) is 0 Å². The zero-order valence-electron chi connectivity index (χ0n) is 10.5. The third-order valence-corrected chi connectivity index (χ3v) is 3.10. The highest BCUT2D eigenvalue weighted by atomic mass is 32.1. The molecule has 0 atom stereocenters. The maximum Gasteiger partial charge on any atom is 0.172 e. The van der Waals surface area contributed by atoms with Crippen LogP contribution < -0.4 is 5.32 Å². The smallest absolute Gasteiger partial charge is 0.172 e. The SMILES string of the molecule is CCc1cccc(CC)c1NC(=S)N(C)C. The quantitative estimate of drug-likeness (QED) is 0.812. The fourth-order valence-corrected chi connectivity index (χ4v) is 1.72. The van der Waals surface area contributed by atoms with Crippen LogP contribution in [-0.2, 0) is 12.8 Å². The van der Waals surface area contributed by atoms with Gasteiger partial charge in [-0.25, -0.2) is 0 Å². The highest BCUT2D eigenvalue weighted by Crippen LogP contribution is 2.22. The molecule has 1 rings (SSSR count). The molecular formula is C13H20N2S. The van der Waals surface area contributed by atoms with Crippen LogP contribution in [0, 0.1) is 0 Å². The standard InChI is InChI=1S/C13H20N2S/c1-5-10-8-7-9-11(6-2)12(10)14-13(16)15(3)4/h7-9H,5-6H2,1-4H3,(H,14,16). The molecule has 0 aliphatic heterocycles. The molecule has 0 saturated heterocycles. The van der Waals surface area contributed by atoms with Crippen molar-refractivity contribution in [3.63, 3.8) is 0 Å². The molecule has 0 unspecified atom stereocenters. The van der Waals surface area contributed by atoms with E-state index in [9.17, 15) is 0 Å². The van der Waals surface area contributed by atoms with E-state index in [0.29, 0.717) is 0 Å². The summed E-state index contributed by atoms with van der Waals surface area (Å²) in [5.41, 5.74) is 3.83. The summed E-state index contributed by atoms with van der Waals surface area (Å²) in [6, 6.07) is 6.42. The van der Waals surface area contributed by atoms with Crippen LogP contribution in [0.25, 0.3) is 0 Å². The molecule has 88 valence electrons. The molecule has 1 aromatic rings. The van der Waals surface area contributed by atoms with Gasteiger partial charge >= 0.3 is 0 Å². The number of hydrogen-bond donors (Lipinski definition) is 1. The Kier molecular flexibility index (Phi) is 4.74. The van der Waals surface area contributed by atoms with Crippen molar-refractivity contribution in [3.05, 3.63) is 29.3 Å². The van der Waals surface area contributed by atoms with Gasteiger partial charge in [0.1, 0.15) is 0 Å². The van der Waals surface area contributed by atoms with E-state index in [1.54, 1.807) is 0 Å². The van der Waals surface area contributed by atoms with Crippen LogP contribution in [0.1, 0.15) is 25.0 Å². The molecule has 0 heterocycles. The first-order valence-electron chi connectivity index (χ1n) is 5.69. The Balaban J connectivity index is 3.04. The molecule has 0 bridgehead atoms. The molecule has 0 amide bonds. The first kappa shape index (κ1) is 13.0. The number of para-hydroxylation sites is 1. The van der Waals surface area contributed by atoms with Crippen LogP contribution in [0.4, 0.5) is 5.69 Å². The summed E-state index contributed by atoms with van der Waals surface area (Å²) in [6.07, 6.45) is 2.04.